The maximum Gasteiger partial charge on any atom is 0.306 e. The number of ether oxygens (including phenoxy) is 2. The molecule has 1 aliphatic rings. The number of aliphatic carboxylic acids is 1. The summed E-state index contributed by atoms with van der Waals surface area (Å²) in [6.07, 6.45) is 1.39. The Balaban J connectivity index is 1.72. The maximum absolute atomic E-state index is 12.8. The summed E-state index contributed by atoms with van der Waals surface area (Å²) >= 11 is 6.19. The van der Waals surface area contributed by atoms with Gasteiger partial charge in [0.25, 0.3) is 17.5 Å². The number of benzene rings is 2. The van der Waals surface area contributed by atoms with E-state index in [9.17, 15) is 24.5 Å². The predicted octanol–water partition coefficient (Wildman–Crippen LogP) is 3.00. The number of methoxy groups -OCH3 is 1. The molecule has 1 saturated heterocycles. The van der Waals surface area contributed by atoms with Crippen LogP contribution >= 0.6 is 24.0 Å². The number of thiocarbonyl (C=S) groups is 1. The number of carbonyl (C=O) groups excluding carboxylic acids is 2. The van der Waals surface area contributed by atoms with Crippen LogP contribution in [-0.4, -0.2) is 50.9 Å². The first-order valence-electron chi connectivity index (χ1n) is 9.55. The van der Waals surface area contributed by atoms with Crippen molar-refractivity contribution in [2.75, 3.05) is 13.7 Å². The lowest BCUT2D eigenvalue weighted by molar-refractivity contribution is -0.384. The highest BCUT2D eigenvalue weighted by atomic mass is 32.2. The number of nitrogens with one attached hydrogen (secondary N) is 1. The number of nitro groups is 1. The van der Waals surface area contributed by atoms with E-state index in [4.69, 9.17) is 26.8 Å². The third-order valence-electron chi connectivity index (χ3n) is 4.41. The van der Waals surface area contributed by atoms with Crippen molar-refractivity contribution >= 4 is 57.8 Å². The van der Waals surface area contributed by atoms with E-state index in [1.807, 2.05) is 0 Å². The zero-order valence-electron chi connectivity index (χ0n) is 17.5. The number of amides is 2. The van der Waals surface area contributed by atoms with Gasteiger partial charge in [0.05, 0.1) is 30.0 Å². The molecular formula is C21H17N3O8S2. The predicted molar refractivity (Wildman–Crippen MR) is 126 cm³/mol. The van der Waals surface area contributed by atoms with Crippen LogP contribution in [0.4, 0.5) is 5.69 Å². The van der Waals surface area contributed by atoms with Gasteiger partial charge in [-0.1, -0.05) is 17.8 Å². The van der Waals surface area contributed by atoms with E-state index >= 15 is 0 Å². The third-order valence-corrected chi connectivity index (χ3v) is 5.71. The Morgan fingerprint density at radius 2 is 1.94 bits per heavy atom. The molecule has 1 aliphatic heterocycles. The monoisotopic (exact) mass is 503 g/mol. The van der Waals surface area contributed by atoms with E-state index in [2.05, 4.69) is 5.43 Å². The molecule has 13 heteroatoms. The lowest BCUT2D eigenvalue weighted by atomic mass is 10.2. The minimum Gasteiger partial charge on any atom is -0.493 e. The number of carboxylic acid groups (broad SMARTS) is 1. The second-order valence-electron chi connectivity index (χ2n) is 6.66. The molecule has 2 N–H and O–H groups in total. The van der Waals surface area contributed by atoms with Gasteiger partial charge >= 0.3 is 5.97 Å². The van der Waals surface area contributed by atoms with Crippen LogP contribution in [0.3, 0.4) is 0 Å². The molecule has 0 spiro atoms. The number of carboxylic acids is 1. The van der Waals surface area contributed by atoms with Crippen molar-refractivity contribution in [1.29, 1.82) is 0 Å². The minimum atomic E-state index is -0.988. The van der Waals surface area contributed by atoms with Crippen molar-refractivity contribution < 1.29 is 33.9 Å². The molecule has 11 nitrogen and oxygen atoms in total. The van der Waals surface area contributed by atoms with Crippen LogP contribution in [0.15, 0.2) is 47.4 Å². The summed E-state index contributed by atoms with van der Waals surface area (Å²) in [7, 11) is 1.43. The van der Waals surface area contributed by atoms with E-state index in [1.165, 1.54) is 31.4 Å². The number of hydrogen-bond acceptors (Lipinski definition) is 9. The number of non-ortho nitro benzene ring substituents is 1. The van der Waals surface area contributed by atoms with Crippen LogP contribution in [0.25, 0.3) is 6.08 Å². The second-order valence-corrected chi connectivity index (χ2v) is 8.34. The molecule has 1 heterocycles. The van der Waals surface area contributed by atoms with Crippen LogP contribution in [0.5, 0.6) is 11.5 Å². The SMILES string of the molecule is COc1cc(/C=C2/SC(=S)N(NC(=O)c3ccc([N+](=O)[O-])cc3)C2=O)ccc1OCCC(=O)O. The van der Waals surface area contributed by atoms with Crippen molar-refractivity contribution in [2.45, 2.75) is 6.42 Å². The lowest BCUT2D eigenvalue weighted by Gasteiger charge is -2.15. The molecule has 0 atom stereocenters. The summed E-state index contributed by atoms with van der Waals surface area (Å²) in [6, 6.07) is 9.76. The highest BCUT2D eigenvalue weighted by molar-refractivity contribution is 8.26. The molecule has 0 aliphatic carbocycles. The summed E-state index contributed by atoms with van der Waals surface area (Å²) in [5, 5.41) is 20.4. The zero-order valence-corrected chi connectivity index (χ0v) is 19.2. The number of nitrogens with zero attached hydrogens (tertiary/aromatic N) is 2. The van der Waals surface area contributed by atoms with E-state index in [1.54, 1.807) is 24.3 Å². The van der Waals surface area contributed by atoms with Crippen LogP contribution in [-0.2, 0) is 9.59 Å². The molecule has 1 fully saturated rings. The first kappa shape index (κ1) is 24.7. The van der Waals surface area contributed by atoms with E-state index in [0.29, 0.717) is 17.1 Å². The number of hydrogen-bond donors (Lipinski definition) is 2. The smallest absolute Gasteiger partial charge is 0.306 e. The number of carbonyl (C=O) groups is 3. The van der Waals surface area contributed by atoms with Gasteiger partial charge in [0, 0.05) is 17.7 Å². The van der Waals surface area contributed by atoms with E-state index < -0.39 is 22.7 Å². The summed E-state index contributed by atoms with van der Waals surface area (Å²) < 4.78 is 10.8. The van der Waals surface area contributed by atoms with Gasteiger partial charge in [-0.05, 0) is 48.1 Å². The number of hydrazine groups is 1. The fourth-order valence-corrected chi connectivity index (χ4v) is 3.94. The zero-order chi connectivity index (χ0) is 24.8. The summed E-state index contributed by atoms with van der Waals surface area (Å²) in [4.78, 5) is 46.3. The highest BCUT2D eigenvalue weighted by Crippen LogP contribution is 2.34. The van der Waals surface area contributed by atoms with Crippen molar-refractivity contribution in [1.82, 2.24) is 10.4 Å². The molecule has 34 heavy (non-hydrogen) atoms. The van der Waals surface area contributed by atoms with Gasteiger partial charge < -0.3 is 14.6 Å². The molecule has 0 bridgehead atoms. The van der Waals surface area contributed by atoms with Crippen molar-refractivity contribution in [3.05, 3.63) is 68.6 Å². The van der Waals surface area contributed by atoms with Gasteiger partial charge in [0.15, 0.2) is 15.8 Å². The van der Waals surface area contributed by atoms with Crippen molar-refractivity contribution in [2.24, 2.45) is 0 Å². The highest BCUT2D eigenvalue weighted by Gasteiger charge is 2.34. The minimum absolute atomic E-state index is 0.0296. The van der Waals surface area contributed by atoms with Crippen molar-refractivity contribution in [3.63, 3.8) is 0 Å². The fraction of sp³-hybridized carbons (Fsp3) is 0.143. The first-order valence-corrected chi connectivity index (χ1v) is 10.8. The van der Waals surface area contributed by atoms with Gasteiger partial charge in [-0.25, -0.2) is 0 Å². The summed E-state index contributed by atoms with van der Waals surface area (Å²) in [5.41, 5.74) is 2.94. The molecule has 0 radical (unpaired) electrons. The molecule has 2 amide bonds. The van der Waals surface area contributed by atoms with Gasteiger partial charge in [-0.15, -0.1) is 0 Å². The van der Waals surface area contributed by atoms with Gasteiger partial charge in [0.2, 0.25) is 0 Å². The summed E-state index contributed by atoms with van der Waals surface area (Å²) in [5.74, 6) is -1.49. The largest absolute Gasteiger partial charge is 0.493 e. The van der Waals surface area contributed by atoms with Gasteiger partial charge in [-0.3, -0.25) is 29.9 Å². The third kappa shape index (κ3) is 5.88. The van der Waals surface area contributed by atoms with E-state index in [0.717, 1.165) is 16.8 Å². The van der Waals surface area contributed by atoms with Gasteiger partial charge in [-0.2, -0.15) is 5.01 Å². The average Bonchev–Trinajstić information content (AvgIpc) is 3.06. The Morgan fingerprint density at radius 3 is 2.56 bits per heavy atom. The van der Waals surface area contributed by atoms with Crippen LogP contribution in [0.1, 0.15) is 22.3 Å². The summed E-state index contributed by atoms with van der Waals surface area (Å²) in [6.45, 7) is -0.0296. The average molecular weight is 504 g/mol. The Hall–Kier alpha value is -3.97. The maximum atomic E-state index is 12.8. The first-order chi connectivity index (χ1) is 16.2. The molecule has 0 aromatic heterocycles. The standard InChI is InChI=1S/C21H17N3O8S2/c1-31-16-10-12(2-7-15(16)32-9-8-18(25)26)11-17-20(28)23(21(33)34-17)22-19(27)13-3-5-14(6-4-13)24(29)30/h2-7,10-11H,8-9H2,1H3,(H,22,27)(H,25,26)/b17-11+. The topological polar surface area (TPSA) is 148 Å². The fourth-order valence-electron chi connectivity index (χ4n) is 2.76. The molecular weight excluding hydrogens is 486 g/mol. The normalized spacial score (nSPS) is 14.3. The second kappa shape index (κ2) is 10.8. The Kier molecular flexibility index (Phi) is 7.81. The quantitative estimate of drug-likeness (QED) is 0.226. The number of thioether (sulfide) groups is 1. The number of rotatable bonds is 9. The van der Waals surface area contributed by atoms with Crippen LogP contribution in [0, 0.1) is 10.1 Å². The number of nitro benzene ring substituents is 1. The van der Waals surface area contributed by atoms with Crippen LogP contribution < -0.4 is 14.9 Å². The van der Waals surface area contributed by atoms with Crippen LogP contribution in [0.2, 0.25) is 0 Å². The van der Waals surface area contributed by atoms with E-state index in [-0.39, 0.29) is 33.5 Å². The Morgan fingerprint density at radius 1 is 1.24 bits per heavy atom. The molecule has 0 unspecified atom stereocenters. The molecule has 2 aromatic carbocycles. The molecule has 0 saturated carbocycles. The molecule has 2 aromatic rings. The van der Waals surface area contributed by atoms with Gasteiger partial charge in [0.1, 0.15) is 0 Å². The Bertz CT molecular complexity index is 1200. The lowest BCUT2D eigenvalue weighted by Crippen LogP contribution is -2.44. The Labute approximate surface area is 202 Å². The van der Waals surface area contributed by atoms with Crippen molar-refractivity contribution in [3.8, 4) is 11.5 Å². The molecule has 3 rings (SSSR count). The molecule has 176 valence electrons.